The normalized spacial score (nSPS) is 11.8. The van der Waals surface area contributed by atoms with Gasteiger partial charge in [0, 0.05) is 44.3 Å². The van der Waals surface area contributed by atoms with E-state index < -0.39 is 0 Å². The first kappa shape index (κ1) is 28.7. The molecule has 0 N–H and O–H groups in total. The van der Waals surface area contributed by atoms with Crippen LogP contribution in [0.1, 0.15) is 0 Å². The molecule has 0 aliphatic heterocycles. The van der Waals surface area contributed by atoms with Crippen molar-refractivity contribution in [1.82, 2.24) is 19.5 Å². The van der Waals surface area contributed by atoms with Gasteiger partial charge in [0.1, 0.15) is 11.2 Å². The summed E-state index contributed by atoms with van der Waals surface area (Å²) in [5.74, 6) is 1.82. The number of aromatic nitrogens is 4. The first-order valence-electron chi connectivity index (χ1n) is 17.4. The molecule has 0 aliphatic carbocycles. The fourth-order valence-electron chi connectivity index (χ4n) is 7.83. The van der Waals surface area contributed by atoms with E-state index >= 15 is 0 Å². The van der Waals surface area contributed by atoms with Crippen LogP contribution in [0, 0.1) is 0 Å². The molecule has 3 aromatic heterocycles. The number of nitrogens with zero attached hydrogens (tertiary/aromatic N) is 4. The maximum absolute atomic E-state index is 6.66. The lowest BCUT2D eigenvalue weighted by molar-refractivity contribution is 0.668. The maximum Gasteiger partial charge on any atom is 0.164 e. The highest BCUT2D eigenvalue weighted by Gasteiger charge is 2.22. The summed E-state index contributed by atoms with van der Waals surface area (Å²) >= 11 is 0. The molecule has 0 fully saturated rings. The van der Waals surface area contributed by atoms with E-state index in [0.717, 1.165) is 55.3 Å². The zero-order chi connectivity index (χ0) is 34.2. The molecule has 0 amide bonds. The highest BCUT2D eigenvalue weighted by Crippen LogP contribution is 2.43. The lowest BCUT2D eigenvalue weighted by Crippen LogP contribution is -2.01. The Balaban J connectivity index is 1.27. The summed E-state index contributed by atoms with van der Waals surface area (Å²) in [5, 5.41) is 9.25. The molecule has 0 aliphatic rings. The Labute approximate surface area is 298 Å². The first-order chi connectivity index (χ1) is 25.8. The third-order valence-corrected chi connectivity index (χ3v) is 10.2. The average Bonchev–Trinajstić information content (AvgIpc) is 3.75. The Morgan fingerprint density at radius 1 is 0.385 bits per heavy atom. The molecular weight excluding hydrogens is 637 g/mol. The fraction of sp³-hybridized carbons (Fsp3) is 0. The monoisotopic (exact) mass is 664 g/mol. The zero-order valence-corrected chi connectivity index (χ0v) is 27.9. The second kappa shape index (κ2) is 11.2. The van der Waals surface area contributed by atoms with Crippen LogP contribution in [0.2, 0.25) is 0 Å². The van der Waals surface area contributed by atoms with Gasteiger partial charge in [-0.2, -0.15) is 0 Å². The molecule has 0 saturated carbocycles. The van der Waals surface area contributed by atoms with Gasteiger partial charge >= 0.3 is 0 Å². The van der Waals surface area contributed by atoms with Gasteiger partial charge in [0.05, 0.1) is 16.7 Å². The summed E-state index contributed by atoms with van der Waals surface area (Å²) in [6.07, 6.45) is 0. The van der Waals surface area contributed by atoms with Crippen LogP contribution in [-0.4, -0.2) is 19.5 Å². The van der Waals surface area contributed by atoms with Crippen molar-refractivity contribution in [3.8, 4) is 39.9 Å². The minimum Gasteiger partial charge on any atom is -0.456 e. The molecule has 0 atom stereocenters. The van der Waals surface area contributed by atoms with Crippen LogP contribution in [0.5, 0.6) is 0 Å². The summed E-state index contributed by atoms with van der Waals surface area (Å²) in [6.45, 7) is 0. The molecule has 52 heavy (non-hydrogen) atoms. The Morgan fingerprint density at radius 2 is 0.981 bits per heavy atom. The van der Waals surface area contributed by atoms with Crippen molar-refractivity contribution < 1.29 is 4.42 Å². The Kier molecular flexibility index (Phi) is 6.18. The van der Waals surface area contributed by atoms with Crippen molar-refractivity contribution in [3.05, 3.63) is 170 Å². The predicted molar refractivity (Wildman–Crippen MR) is 213 cm³/mol. The topological polar surface area (TPSA) is 56.7 Å². The van der Waals surface area contributed by atoms with Crippen LogP contribution < -0.4 is 0 Å². The van der Waals surface area contributed by atoms with Crippen LogP contribution in [0.3, 0.4) is 0 Å². The third-order valence-electron chi connectivity index (χ3n) is 10.2. The van der Waals surface area contributed by atoms with Crippen molar-refractivity contribution in [3.63, 3.8) is 0 Å². The smallest absolute Gasteiger partial charge is 0.164 e. The van der Waals surface area contributed by atoms with Gasteiger partial charge in [-0.15, -0.1) is 0 Å². The summed E-state index contributed by atoms with van der Waals surface area (Å²) < 4.78 is 9.04. The molecule has 5 heteroatoms. The van der Waals surface area contributed by atoms with E-state index in [1.807, 2.05) is 72.8 Å². The zero-order valence-electron chi connectivity index (χ0n) is 27.9. The standard InChI is InChI=1S/C47H28N4O/c1-3-14-30(15-4-1)45-48-46(31-16-5-2-6-17-31)50-47(49-45)38-27-34(28-42-44(38)36-21-11-12-22-41(36)52-42)51-39-24-23-29-13-9-10-20-35(29)43(39)37-25-32-18-7-8-19-33(32)26-40(37)51/h1-28H. The number of fused-ring (bicyclic) bond motifs is 9. The fourth-order valence-corrected chi connectivity index (χ4v) is 7.83. The minimum atomic E-state index is 0.586. The van der Waals surface area contributed by atoms with Gasteiger partial charge in [0.15, 0.2) is 17.5 Å². The van der Waals surface area contributed by atoms with Crippen molar-refractivity contribution >= 4 is 65.3 Å². The van der Waals surface area contributed by atoms with Gasteiger partial charge in [-0.05, 0) is 51.9 Å². The summed E-state index contributed by atoms with van der Waals surface area (Å²) in [6, 6.07) is 59.2. The summed E-state index contributed by atoms with van der Waals surface area (Å²) in [7, 11) is 0. The average molecular weight is 665 g/mol. The Hall–Kier alpha value is -7.11. The van der Waals surface area contributed by atoms with E-state index in [2.05, 4.69) is 102 Å². The van der Waals surface area contributed by atoms with Crippen LogP contribution >= 0.6 is 0 Å². The van der Waals surface area contributed by atoms with Crippen LogP contribution in [-0.2, 0) is 0 Å². The van der Waals surface area contributed by atoms with E-state index in [0.29, 0.717) is 17.5 Å². The van der Waals surface area contributed by atoms with Crippen molar-refractivity contribution in [2.45, 2.75) is 0 Å². The maximum atomic E-state index is 6.66. The second-order valence-electron chi connectivity index (χ2n) is 13.2. The van der Waals surface area contributed by atoms with Gasteiger partial charge in [-0.25, -0.2) is 15.0 Å². The number of furan rings is 1. The molecular formula is C47H28N4O. The van der Waals surface area contributed by atoms with E-state index in [9.17, 15) is 0 Å². The van der Waals surface area contributed by atoms with Crippen LogP contribution in [0.25, 0.3) is 105 Å². The van der Waals surface area contributed by atoms with E-state index in [1.165, 1.54) is 32.3 Å². The van der Waals surface area contributed by atoms with Gasteiger partial charge in [0.25, 0.3) is 0 Å². The molecule has 0 unspecified atom stereocenters. The lowest BCUT2D eigenvalue weighted by Gasteiger charge is -2.13. The number of para-hydroxylation sites is 1. The number of rotatable bonds is 4. The molecule has 0 saturated heterocycles. The summed E-state index contributed by atoms with van der Waals surface area (Å²) in [4.78, 5) is 15.4. The molecule has 242 valence electrons. The van der Waals surface area contributed by atoms with Crippen molar-refractivity contribution in [2.75, 3.05) is 0 Å². The van der Waals surface area contributed by atoms with E-state index in [-0.39, 0.29) is 0 Å². The largest absolute Gasteiger partial charge is 0.456 e. The number of benzene rings is 8. The third kappa shape index (κ3) is 4.39. The van der Waals surface area contributed by atoms with Gasteiger partial charge < -0.3 is 8.98 Å². The number of hydrogen-bond acceptors (Lipinski definition) is 4. The van der Waals surface area contributed by atoms with Gasteiger partial charge in [-0.3, -0.25) is 0 Å². The molecule has 0 radical (unpaired) electrons. The second-order valence-corrected chi connectivity index (χ2v) is 13.2. The van der Waals surface area contributed by atoms with E-state index in [4.69, 9.17) is 19.4 Å². The van der Waals surface area contributed by atoms with Gasteiger partial charge in [-0.1, -0.05) is 133 Å². The minimum absolute atomic E-state index is 0.586. The molecule has 0 bridgehead atoms. The highest BCUT2D eigenvalue weighted by molar-refractivity contribution is 6.23. The van der Waals surface area contributed by atoms with Gasteiger partial charge in [0.2, 0.25) is 0 Å². The Morgan fingerprint density at radius 3 is 1.71 bits per heavy atom. The molecule has 3 heterocycles. The molecule has 5 nitrogen and oxygen atoms in total. The predicted octanol–water partition coefficient (Wildman–Crippen LogP) is 12.2. The molecule has 8 aromatic carbocycles. The lowest BCUT2D eigenvalue weighted by atomic mass is 10.0. The van der Waals surface area contributed by atoms with Crippen molar-refractivity contribution in [1.29, 1.82) is 0 Å². The quantitative estimate of drug-likeness (QED) is 0.188. The summed E-state index contributed by atoms with van der Waals surface area (Å²) in [5.41, 5.74) is 7.53. The van der Waals surface area contributed by atoms with Crippen molar-refractivity contribution in [2.24, 2.45) is 0 Å². The van der Waals surface area contributed by atoms with E-state index in [1.54, 1.807) is 0 Å². The van der Waals surface area contributed by atoms with Crippen LogP contribution in [0.4, 0.5) is 0 Å². The molecule has 0 spiro atoms. The number of hydrogen-bond donors (Lipinski definition) is 0. The first-order valence-corrected chi connectivity index (χ1v) is 17.4. The SMILES string of the molecule is c1ccc(-c2nc(-c3ccccc3)nc(-c3cc(-n4c5cc6ccccc6cc5c5c6ccccc6ccc54)cc4oc5ccccc5c34)n2)cc1. The Bertz CT molecular complexity index is 3120. The molecule has 11 aromatic rings. The van der Waals surface area contributed by atoms with Crippen LogP contribution in [0.15, 0.2) is 174 Å². The highest BCUT2D eigenvalue weighted by atomic mass is 16.3. The molecule has 11 rings (SSSR count).